The van der Waals surface area contributed by atoms with Crippen LogP contribution in [-0.4, -0.2) is 38.4 Å². The van der Waals surface area contributed by atoms with Crippen LogP contribution in [0.25, 0.3) is 0 Å². The second-order valence-corrected chi connectivity index (χ2v) is 4.87. The quantitative estimate of drug-likeness (QED) is 0.504. The summed E-state index contributed by atoms with van der Waals surface area (Å²) < 4.78 is 18.3. The first kappa shape index (κ1) is 21.3. The molecule has 0 fully saturated rings. The van der Waals surface area contributed by atoms with Crippen molar-refractivity contribution in [3.63, 3.8) is 0 Å². The van der Waals surface area contributed by atoms with E-state index >= 15 is 0 Å². The third kappa shape index (κ3) is 7.95. The van der Waals surface area contributed by atoms with Gasteiger partial charge in [0.1, 0.15) is 0 Å². The van der Waals surface area contributed by atoms with Gasteiger partial charge in [-0.15, -0.1) is 12.4 Å². The molecule has 1 amide bonds. The largest absolute Gasteiger partial charge is 0.494 e. The van der Waals surface area contributed by atoms with Crippen LogP contribution in [0.2, 0.25) is 0 Å². The standard InChI is InChI=1S/C16H23FN2O3.ClH/c1-3-8-18-9-10-19-16(21)7-5-14(20)12-4-6-15(22-2)13(17)11-12;/h4,6,11,18H,3,5,7-10H2,1-2H3,(H,19,21);1H. The third-order valence-corrected chi connectivity index (χ3v) is 3.10. The number of benzene rings is 1. The summed E-state index contributed by atoms with van der Waals surface area (Å²) >= 11 is 0. The maximum Gasteiger partial charge on any atom is 0.220 e. The highest BCUT2D eigenvalue weighted by molar-refractivity contribution is 5.98. The first-order valence-electron chi connectivity index (χ1n) is 7.42. The average Bonchev–Trinajstić information content (AvgIpc) is 2.52. The van der Waals surface area contributed by atoms with E-state index in [1.165, 1.54) is 19.2 Å². The number of ether oxygens (including phenoxy) is 1. The average molecular weight is 347 g/mol. The van der Waals surface area contributed by atoms with Gasteiger partial charge in [-0.05, 0) is 31.2 Å². The highest BCUT2D eigenvalue weighted by Gasteiger charge is 2.12. The van der Waals surface area contributed by atoms with Crippen molar-refractivity contribution in [2.24, 2.45) is 0 Å². The van der Waals surface area contributed by atoms with Crippen molar-refractivity contribution in [3.8, 4) is 5.75 Å². The Bertz CT molecular complexity index is 512. The zero-order valence-corrected chi connectivity index (χ0v) is 14.3. The Balaban J connectivity index is 0.00000484. The number of ketones is 1. The lowest BCUT2D eigenvalue weighted by Gasteiger charge is -2.07. The Morgan fingerprint density at radius 1 is 1.17 bits per heavy atom. The third-order valence-electron chi connectivity index (χ3n) is 3.10. The van der Waals surface area contributed by atoms with E-state index in [9.17, 15) is 14.0 Å². The van der Waals surface area contributed by atoms with Gasteiger partial charge >= 0.3 is 0 Å². The predicted molar refractivity (Wildman–Crippen MR) is 89.9 cm³/mol. The number of amides is 1. The second-order valence-electron chi connectivity index (χ2n) is 4.87. The molecule has 0 aliphatic carbocycles. The summed E-state index contributed by atoms with van der Waals surface area (Å²) in [4.78, 5) is 23.5. The Labute approximate surface area is 142 Å². The lowest BCUT2D eigenvalue weighted by Crippen LogP contribution is -2.32. The Hall–Kier alpha value is -1.66. The molecule has 0 aromatic heterocycles. The van der Waals surface area contributed by atoms with E-state index in [1.807, 2.05) is 0 Å². The van der Waals surface area contributed by atoms with Crippen LogP contribution in [0.3, 0.4) is 0 Å². The summed E-state index contributed by atoms with van der Waals surface area (Å²) in [5.74, 6) is -0.935. The molecule has 0 bridgehead atoms. The monoisotopic (exact) mass is 346 g/mol. The molecule has 0 radical (unpaired) electrons. The van der Waals surface area contributed by atoms with Gasteiger partial charge in [0.15, 0.2) is 17.3 Å². The topological polar surface area (TPSA) is 67.4 Å². The molecule has 0 heterocycles. The fraction of sp³-hybridized carbons (Fsp3) is 0.500. The number of halogens is 2. The number of carbonyl (C=O) groups excluding carboxylic acids is 2. The SMILES string of the molecule is CCCNCCNC(=O)CCC(=O)c1ccc(OC)c(F)c1.Cl. The van der Waals surface area contributed by atoms with E-state index in [0.29, 0.717) is 13.1 Å². The van der Waals surface area contributed by atoms with E-state index in [4.69, 9.17) is 4.74 Å². The van der Waals surface area contributed by atoms with Gasteiger partial charge in [-0.25, -0.2) is 4.39 Å². The van der Waals surface area contributed by atoms with Crippen molar-refractivity contribution in [2.75, 3.05) is 26.7 Å². The van der Waals surface area contributed by atoms with Crippen molar-refractivity contribution in [1.82, 2.24) is 10.6 Å². The van der Waals surface area contributed by atoms with E-state index in [2.05, 4.69) is 17.6 Å². The number of hydrogen-bond acceptors (Lipinski definition) is 4. The minimum atomic E-state index is -0.584. The highest BCUT2D eigenvalue weighted by atomic mass is 35.5. The molecule has 7 heteroatoms. The van der Waals surface area contributed by atoms with Crippen molar-refractivity contribution in [2.45, 2.75) is 26.2 Å². The van der Waals surface area contributed by atoms with Gasteiger partial charge in [-0.3, -0.25) is 9.59 Å². The number of methoxy groups -OCH3 is 1. The normalized spacial score (nSPS) is 9.87. The summed E-state index contributed by atoms with van der Waals surface area (Å²) in [6.45, 7) is 4.22. The highest BCUT2D eigenvalue weighted by Crippen LogP contribution is 2.18. The maximum atomic E-state index is 13.5. The van der Waals surface area contributed by atoms with Crippen molar-refractivity contribution in [1.29, 1.82) is 0 Å². The second kappa shape index (κ2) is 11.8. The molecule has 1 aromatic rings. The van der Waals surface area contributed by atoms with Crippen LogP contribution in [0.5, 0.6) is 5.75 Å². The summed E-state index contributed by atoms with van der Waals surface area (Å²) in [5.41, 5.74) is 0.246. The zero-order chi connectivity index (χ0) is 16.4. The van der Waals surface area contributed by atoms with Gasteiger partial charge in [0.05, 0.1) is 7.11 Å². The van der Waals surface area contributed by atoms with E-state index in [-0.39, 0.29) is 48.3 Å². The predicted octanol–water partition coefficient (Wildman–Crippen LogP) is 2.33. The number of hydrogen-bond donors (Lipinski definition) is 2. The van der Waals surface area contributed by atoms with Crippen LogP contribution >= 0.6 is 12.4 Å². The Kier molecular flexibility index (Phi) is 11.0. The van der Waals surface area contributed by atoms with Gasteiger partial charge in [0, 0.05) is 31.5 Å². The molecule has 23 heavy (non-hydrogen) atoms. The van der Waals surface area contributed by atoms with E-state index in [1.54, 1.807) is 0 Å². The van der Waals surface area contributed by atoms with Gasteiger partial charge in [-0.1, -0.05) is 6.92 Å². The molecule has 0 unspecified atom stereocenters. The number of carbonyl (C=O) groups is 2. The fourth-order valence-electron chi connectivity index (χ4n) is 1.89. The van der Waals surface area contributed by atoms with E-state index < -0.39 is 5.82 Å². The molecule has 0 aliphatic rings. The van der Waals surface area contributed by atoms with Crippen LogP contribution in [0.1, 0.15) is 36.5 Å². The summed E-state index contributed by atoms with van der Waals surface area (Å²) in [6.07, 6.45) is 1.20. The molecule has 0 spiro atoms. The van der Waals surface area contributed by atoms with Gasteiger partial charge in [0.2, 0.25) is 5.91 Å². The summed E-state index contributed by atoms with van der Waals surface area (Å²) in [5, 5.41) is 5.89. The van der Waals surface area contributed by atoms with Crippen molar-refractivity contribution >= 4 is 24.1 Å². The summed E-state index contributed by atoms with van der Waals surface area (Å²) in [7, 11) is 1.36. The minimum Gasteiger partial charge on any atom is -0.494 e. The maximum absolute atomic E-state index is 13.5. The van der Waals surface area contributed by atoms with Crippen molar-refractivity contribution in [3.05, 3.63) is 29.6 Å². The fourth-order valence-corrected chi connectivity index (χ4v) is 1.89. The zero-order valence-electron chi connectivity index (χ0n) is 13.5. The molecule has 0 aliphatic heterocycles. The molecule has 0 saturated carbocycles. The first-order valence-corrected chi connectivity index (χ1v) is 7.42. The first-order chi connectivity index (χ1) is 10.6. The molecular weight excluding hydrogens is 323 g/mol. The molecule has 130 valence electrons. The van der Waals surface area contributed by atoms with Gasteiger partial charge < -0.3 is 15.4 Å². The number of nitrogens with one attached hydrogen (secondary N) is 2. The Morgan fingerprint density at radius 2 is 1.91 bits per heavy atom. The van der Waals surface area contributed by atoms with Crippen LogP contribution in [-0.2, 0) is 4.79 Å². The molecule has 1 rings (SSSR count). The molecule has 0 atom stereocenters. The smallest absolute Gasteiger partial charge is 0.220 e. The van der Waals surface area contributed by atoms with Crippen LogP contribution in [0, 0.1) is 5.82 Å². The molecular formula is C16H24ClFN2O3. The lowest BCUT2D eigenvalue weighted by molar-refractivity contribution is -0.121. The molecule has 0 saturated heterocycles. The number of Topliss-reactive ketones (excluding diaryl/α,β-unsaturated/α-hetero) is 1. The van der Waals surface area contributed by atoms with Gasteiger partial charge in [0.25, 0.3) is 0 Å². The van der Waals surface area contributed by atoms with Gasteiger partial charge in [-0.2, -0.15) is 0 Å². The van der Waals surface area contributed by atoms with Crippen LogP contribution in [0.15, 0.2) is 18.2 Å². The lowest BCUT2D eigenvalue weighted by atomic mass is 10.1. The minimum absolute atomic E-state index is 0. The molecule has 2 N–H and O–H groups in total. The molecule has 5 nitrogen and oxygen atoms in total. The van der Waals surface area contributed by atoms with E-state index in [0.717, 1.165) is 19.0 Å². The Morgan fingerprint density at radius 3 is 2.52 bits per heavy atom. The molecule has 1 aromatic carbocycles. The number of rotatable bonds is 10. The van der Waals surface area contributed by atoms with Crippen molar-refractivity contribution < 1.29 is 18.7 Å². The van der Waals surface area contributed by atoms with Crippen LogP contribution < -0.4 is 15.4 Å². The van der Waals surface area contributed by atoms with Crippen LogP contribution in [0.4, 0.5) is 4.39 Å². The summed E-state index contributed by atoms with van der Waals surface area (Å²) in [6, 6.07) is 4.03.